The quantitative estimate of drug-likeness (QED) is 0.339. The van der Waals surface area contributed by atoms with Crippen LogP contribution < -0.4 is 10.2 Å². The zero-order chi connectivity index (χ0) is 26.3. The summed E-state index contributed by atoms with van der Waals surface area (Å²) in [5.41, 5.74) is 3.62. The third kappa shape index (κ3) is 6.27. The van der Waals surface area contributed by atoms with Gasteiger partial charge in [-0.05, 0) is 48.0 Å². The van der Waals surface area contributed by atoms with E-state index in [2.05, 4.69) is 26.3 Å². The third-order valence-electron chi connectivity index (χ3n) is 6.47. The number of ether oxygens (including phenoxy) is 1. The molecular weight excluding hydrogens is 500 g/mol. The molecule has 0 spiro atoms. The number of nitrogens with one attached hydrogen (secondary N) is 1. The molecular formula is C29H29ClN6O2. The molecule has 8 nitrogen and oxygen atoms in total. The van der Waals surface area contributed by atoms with Crippen LogP contribution in [0, 0.1) is 0 Å². The summed E-state index contributed by atoms with van der Waals surface area (Å²) in [6, 6.07) is 16.8. The predicted molar refractivity (Wildman–Crippen MR) is 149 cm³/mol. The van der Waals surface area contributed by atoms with E-state index in [1.807, 2.05) is 60.4 Å². The summed E-state index contributed by atoms with van der Waals surface area (Å²) < 4.78 is 7.44. The van der Waals surface area contributed by atoms with Crippen molar-refractivity contribution in [2.45, 2.75) is 12.5 Å². The van der Waals surface area contributed by atoms with E-state index in [1.165, 1.54) is 6.08 Å². The Morgan fingerprint density at radius 2 is 1.87 bits per heavy atom. The number of rotatable bonds is 8. The Morgan fingerprint density at radius 3 is 2.58 bits per heavy atom. The minimum absolute atomic E-state index is 0.220. The molecule has 4 aromatic rings. The van der Waals surface area contributed by atoms with Gasteiger partial charge in [0.1, 0.15) is 11.6 Å². The number of halogens is 1. The molecule has 0 aliphatic carbocycles. The second-order valence-electron chi connectivity index (χ2n) is 9.04. The molecule has 9 heteroatoms. The molecule has 1 atom stereocenters. The van der Waals surface area contributed by atoms with Gasteiger partial charge in [0, 0.05) is 61.3 Å². The number of hydrogen-bond donors (Lipinski definition) is 1. The van der Waals surface area contributed by atoms with Crippen molar-refractivity contribution in [1.82, 2.24) is 24.8 Å². The van der Waals surface area contributed by atoms with Gasteiger partial charge >= 0.3 is 0 Å². The van der Waals surface area contributed by atoms with Gasteiger partial charge in [-0.2, -0.15) is 0 Å². The normalized spacial score (nSPS) is 14.5. The smallest absolute Gasteiger partial charge is 0.244 e. The van der Waals surface area contributed by atoms with Crippen LogP contribution in [-0.4, -0.2) is 51.7 Å². The molecule has 0 radical (unpaired) electrons. The Morgan fingerprint density at radius 1 is 1.05 bits per heavy atom. The number of anilines is 1. The lowest BCUT2D eigenvalue weighted by Crippen LogP contribution is -2.36. The minimum atomic E-state index is -0.383. The zero-order valence-electron chi connectivity index (χ0n) is 21.1. The predicted octanol–water partition coefficient (Wildman–Crippen LogP) is 4.48. The van der Waals surface area contributed by atoms with E-state index in [0.29, 0.717) is 24.7 Å². The van der Waals surface area contributed by atoms with Crippen LogP contribution in [-0.2, 0) is 23.0 Å². The molecule has 1 fully saturated rings. The van der Waals surface area contributed by atoms with E-state index in [4.69, 9.17) is 21.3 Å². The van der Waals surface area contributed by atoms with Gasteiger partial charge in [-0.3, -0.25) is 9.78 Å². The number of carbonyl (C=O) groups is 1. The number of aromatic nitrogens is 4. The first kappa shape index (κ1) is 25.6. The van der Waals surface area contributed by atoms with Gasteiger partial charge < -0.3 is 19.5 Å². The lowest BCUT2D eigenvalue weighted by molar-refractivity contribution is -0.117. The Labute approximate surface area is 227 Å². The molecule has 0 bridgehead atoms. The van der Waals surface area contributed by atoms with Crippen molar-refractivity contribution in [2.75, 3.05) is 31.2 Å². The highest BCUT2D eigenvalue weighted by Crippen LogP contribution is 2.25. The Kier molecular flexibility index (Phi) is 8.11. The first-order valence-corrected chi connectivity index (χ1v) is 12.9. The summed E-state index contributed by atoms with van der Waals surface area (Å²) >= 11 is 5.96. The Hall–Kier alpha value is -4.01. The van der Waals surface area contributed by atoms with Crippen LogP contribution in [0.1, 0.15) is 23.1 Å². The summed E-state index contributed by atoms with van der Waals surface area (Å²) in [6.07, 6.45) is 9.22. The second-order valence-corrected chi connectivity index (χ2v) is 9.47. The molecule has 1 aliphatic rings. The van der Waals surface area contributed by atoms with Crippen LogP contribution in [0.3, 0.4) is 0 Å². The molecule has 38 heavy (non-hydrogen) atoms. The number of amides is 1. The average molecular weight is 529 g/mol. The molecule has 1 saturated heterocycles. The summed E-state index contributed by atoms with van der Waals surface area (Å²) in [7, 11) is 1.95. The topological polar surface area (TPSA) is 85.2 Å². The number of nitrogens with zero attached hydrogens (tertiary/aromatic N) is 5. The maximum Gasteiger partial charge on any atom is 0.244 e. The fourth-order valence-corrected chi connectivity index (χ4v) is 4.56. The lowest BCUT2D eigenvalue weighted by atomic mass is 10.1. The molecule has 0 unspecified atom stereocenters. The highest BCUT2D eigenvalue weighted by Gasteiger charge is 2.22. The molecule has 1 amide bonds. The third-order valence-corrected chi connectivity index (χ3v) is 6.72. The summed E-state index contributed by atoms with van der Waals surface area (Å²) in [5.74, 6) is 1.45. The Bertz CT molecular complexity index is 1380. The van der Waals surface area contributed by atoms with Crippen molar-refractivity contribution in [3.63, 3.8) is 0 Å². The van der Waals surface area contributed by atoms with E-state index < -0.39 is 0 Å². The van der Waals surface area contributed by atoms with Crippen molar-refractivity contribution >= 4 is 29.4 Å². The largest absolute Gasteiger partial charge is 0.378 e. The molecule has 194 valence electrons. The first-order chi connectivity index (χ1) is 18.6. The maximum atomic E-state index is 12.9. The molecule has 1 aliphatic heterocycles. The fraction of sp³-hybridized carbons (Fsp3) is 0.241. The molecule has 0 saturated carbocycles. The highest BCUT2D eigenvalue weighted by atomic mass is 35.5. The van der Waals surface area contributed by atoms with Crippen molar-refractivity contribution < 1.29 is 9.53 Å². The average Bonchev–Trinajstić information content (AvgIpc) is 3.34. The number of pyridine rings is 2. The standard InChI is InChI=1S/C29H29ClN6O2/c1-35-26(22-8-11-27(32-19-22)36-14-16-38-17-15-36)20-33-29(35)25(18-24-4-2-3-13-31-24)34-28(37)12-7-21-5-9-23(30)10-6-21/h2-13,19-20,25H,14-18H2,1H3,(H,34,37)/b12-7+/t25-/m0/s1. The van der Waals surface area contributed by atoms with Gasteiger partial charge in [-0.25, -0.2) is 9.97 Å². The van der Waals surface area contributed by atoms with Crippen molar-refractivity contribution in [2.24, 2.45) is 7.05 Å². The van der Waals surface area contributed by atoms with E-state index in [0.717, 1.165) is 47.2 Å². The lowest BCUT2D eigenvalue weighted by Gasteiger charge is -2.27. The van der Waals surface area contributed by atoms with Crippen molar-refractivity contribution in [3.8, 4) is 11.3 Å². The van der Waals surface area contributed by atoms with Gasteiger partial charge in [0.25, 0.3) is 0 Å². The Balaban J connectivity index is 1.36. The van der Waals surface area contributed by atoms with Crippen LogP contribution in [0.5, 0.6) is 0 Å². The van der Waals surface area contributed by atoms with Gasteiger partial charge in [-0.1, -0.05) is 29.8 Å². The van der Waals surface area contributed by atoms with Gasteiger partial charge in [0.05, 0.1) is 31.1 Å². The summed E-state index contributed by atoms with van der Waals surface area (Å²) in [4.78, 5) is 29.0. The van der Waals surface area contributed by atoms with E-state index >= 15 is 0 Å². The number of hydrogen-bond acceptors (Lipinski definition) is 6. The number of imidazole rings is 1. The number of morpholine rings is 1. The molecule has 3 aromatic heterocycles. The first-order valence-electron chi connectivity index (χ1n) is 12.5. The number of carbonyl (C=O) groups excluding carboxylic acids is 1. The molecule has 1 N–H and O–H groups in total. The minimum Gasteiger partial charge on any atom is -0.378 e. The molecule has 5 rings (SSSR count). The number of benzene rings is 1. The fourth-order valence-electron chi connectivity index (χ4n) is 4.43. The SMILES string of the molecule is Cn1c(-c2ccc(N3CCOCC3)nc2)cnc1[C@H](Cc1ccccn1)NC(=O)/C=C/c1ccc(Cl)cc1. The van der Waals surface area contributed by atoms with Gasteiger partial charge in [-0.15, -0.1) is 0 Å². The zero-order valence-corrected chi connectivity index (χ0v) is 21.9. The van der Waals surface area contributed by atoms with Crippen LogP contribution in [0.2, 0.25) is 5.02 Å². The van der Waals surface area contributed by atoms with Crippen molar-refractivity contribution in [3.05, 3.63) is 101 Å². The maximum absolute atomic E-state index is 12.9. The van der Waals surface area contributed by atoms with Crippen LogP contribution in [0.4, 0.5) is 5.82 Å². The highest BCUT2D eigenvalue weighted by molar-refractivity contribution is 6.30. The van der Waals surface area contributed by atoms with Crippen LogP contribution in [0.15, 0.2) is 79.3 Å². The second kappa shape index (κ2) is 12.0. The van der Waals surface area contributed by atoms with Crippen LogP contribution in [0.25, 0.3) is 17.3 Å². The molecule has 4 heterocycles. The van der Waals surface area contributed by atoms with Crippen LogP contribution >= 0.6 is 11.6 Å². The van der Waals surface area contributed by atoms with E-state index in [9.17, 15) is 4.79 Å². The van der Waals surface area contributed by atoms with E-state index in [-0.39, 0.29) is 11.9 Å². The summed E-state index contributed by atoms with van der Waals surface area (Å²) in [6.45, 7) is 3.10. The van der Waals surface area contributed by atoms with Crippen molar-refractivity contribution in [1.29, 1.82) is 0 Å². The van der Waals surface area contributed by atoms with Gasteiger partial charge in [0.15, 0.2) is 0 Å². The monoisotopic (exact) mass is 528 g/mol. The van der Waals surface area contributed by atoms with E-state index in [1.54, 1.807) is 24.4 Å². The van der Waals surface area contributed by atoms with Gasteiger partial charge in [0.2, 0.25) is 5.91 Å². The summed E-state index contributed by atoms with van der Waals surface area (Å²) in [5, 5.41) is 3.76. The molecule has 1 aromatic carbocycles.